The number of hydrogen-bond donors (Lipinski definition) is 2. The Morgan fingerprint density at radius 3 is 2.33 bits per heavy atom. The highest BCUT2D eigenvalue weighted by Gasteiger charge is 2.23. The molecule has 0 unspecified atom stereocenters. The fraction of sp³-hybridized carbons (Fsp3) is 0.522. The SMILES string of the molecule is CCNC(=O)N(CC(=O)Nc1cc(C(C)(C)C)nn1-c1ccc(C)cc1)CC(C)C. The van der Waals surface area contributed by atoms with Crippen LogP contribution in [0.25, 0.3) is 5.69 Å². The van der Waals surface area contributed by atoms with Gasteiger partial charge in [0, 0.05) is 24.6 Å². The number of hydrogen-bond acceptors (Lipinski definition) is 3. The van der Waals surface area contributed by atoms with Crippen LogP contribution >= 0.6 is 0 Å². The number of carbonyl (C=O) groups is 2. The highest BCUT2D eigenvalue weighted by molar-refractivity contribution is 5.94. The molecule has 2 aromatic rings. The predicted octanol–water partition coefficient (Wildman–Crippen LogP) is 4.10. The van der Waals surface area contributed by atoms with E-state index in [9.17, 15) is 9.59 Å². The average molecular weight is 414 g/mol. The number of nitrogens with one attached hydrogen (secondary N) is 2. The zero-order valence-electron chi connectivity index (χ0n) is 19.2. The molecular weight excluding hydrogens is 378 g/mol. The summed E-state index contributed by atoms with van der Waals surface area (Å²) in [5.74, 6) is 0.593. The van der Waals surface area contributed by atoms with E-state index in [2.05, 4.69) is 31.4 Å². The first kappa shape index (κ1) is 23.4. The molecule has 0 saturated heterocycles. The molecule has 0 aliphatic heterocycles. The number of urea groups is 1. The summed E-state index contributed by atoms with van der Waals surface area (Å²) in [5, 5.41) is 10.5. The van der Waals surface area contributed by atoms with Crippen molar-refractivity contribution < 1.29 is 9.59 Å². The van der Waals surface area contributed by atoms with Crippen LogP contribution in [0.1, 0.15) is 52.8 Å². The molecule has 30 heavy (non-hydrogen) atoms. The molecule has 0 bridgehead atoms. The van der Waals surface area contributed by atoms with Crippen LogP contribution < -0.4 is 10.6 Å². The molecule has 0 aliphatic rings. The van der Waals surface area contributed by atoms with E-state index in [-0.39, 0.29) is 29.8 Å². The molecule has 7 heteroatoms. The topological polar surface area (TPSA) is 79.3 Å². The van der Waals surface area contributed by atoms with E-state index in [1.54, 1.807) is 9.58 Å². The Bertz CT molecular complexity index is 863. The number of nitrogens with zero attached hydrogens (tertiary/aromatic N) is 3. The summed E-state index contributed by atoms with van der Waals surface area (Å²) in [5.41, 5.74) is 2.73. The van der Waals surface area contributed by atoms with Crippen molar-refractivity contribution in [3.8, 4) is 5.69 Å². The maximum Gasteiger partial charge on any atom is 0.317 e. The van der Waals surface area contributed by atoms with Crippen LogP contribution in [-0.4, -0.2) is 46.3 Å². The van der Waals surface area contributed by atoms with Crippen molar-refractivity contribution in [2.24, 2.45) is 5.92 Å². The zero-order valence-corrected chi connectivity index (χ0v) is 19.2. The number of benzene rings is 1. The van der Waals surface area contributed by atoms with Gasteiger partial charge in [0.15, 0.2) is 0 Å². The fourth-order valence-corrected chi connectivity index (χ4v) is 3.00. The number of anilines is 1. The maximum absolute atomic E-state index is 12.8. The fourth-order valence-electron chi connectivity index (χ4n) is 3.00. The molecule has 0 radical (unpaired) electrons. The van der Waals surface area contributed by atoms with Crippen LogP contribution in [-0.2, 0) is 10.2 Å². The number of aromatic nitrogens is 2. The lowest BCUT2D eigenvalue weighted by molar-refractivity contribution is -0.116. The monoisotopic (exact) mass is 413 g/mol. The van der Waals surface area contributed by atoms with Gasteiger partial charge >= 0.3 is 6.03 Å². The third kappa shape index (κ3) is 6.34. The molecule has 3 amide bonds. The van der Waals surface area contributed by atoms with Crippen molar-refractivity contribution in [3.63, 3.8) is 0 Å². The van der Waals surface area contributed by atoms with Gasteiger partial charge in [-0.1, -0.05) is 52.3 Å². The van der Waals surface area contributed by atoms with Crippen LogP contribution in [0.3, 0.4) is 0 Å². The van der Waals surface area contributed by atoms with Crippen molar-refractivity contribution in [1.29, 1.82) is 0 Å². The third-order valence-corrected chi connectivity index (χ3v) is 4.56. The Hall–Kier alpha value is -2.83. The van der Waals surface area contributed by atoms with Gasteiger partial charge in [-0.25, -0.2) is 9.48 Å². The Kier molecular flexibility index (Phi) is 7.65. The van der Waals surface area contributed by atoms with E-state index >= 15 is 0 Å². The number of rotatable bonds is 7. The maximum atomic E-state index is 12.8. The molecule has 0 aliphatic carbocycles. The quantitative estimate of drug-likeness (QED) is 0.717. The number of carbonyl (C=O) groups excluding carboxylic acids is 2. The van der Waals surface area contributed by atoms with Crippen molar-refractivity contribution >= 4 is 17.8 Å². The van der Waals surface area contributed by atoms with Gasteiger partial charge in [0.25, 0.3) is 0 Å². The number of amides is 3. The zero-order chi connectivity index (χ0) is 22.5. The first-order chi connectivity index (χ1) is 14.0. The predicted molar refractivity (Wildman–Crippen MR) is 121 cm³/mol. The summed E-state index contributed by atoms with van der Waals surface area (Å²) in [6.07, 6.45) is 0. The van der Waals surface area contributed by atoms with Gasteiger partial charge in [0.05, 0.1) is 11.4 Å². The highest BCUT2D eigenvalue weighted by atomic mass is 16.2. The molecule has 1 aromatic heterocycles. The minimum absolute atomic E-state index is 0.0199. The summed E-state index contributed by atoms with van der Waals surface area (Å²) in [7, 11) is 0. The normalized spacial score (nSPS) is 11.5. The van der Waals surface area contributed by atoms with E-state index in [1.807, 2.05) is 58.0 Å². The van der Waals surface area contributed by atoms with E-state index in [4.69, 9.17) is 5.10 Å². The van der Waals surface area contributed by atoms with Crippen molar-refractivity contribution in [2.75, 3.05) is 25.0 Å². The first-order valence-electron chi connectivity index (χ1n) is 10.5. The Balaban J connectivity index is 2.28. The van der Waals surface area contributed by atoms with Gasteiger partial charge in [-0.05, 0) is 31.9 Å². The second-order valence-electron chi connectivity index (χ2n) is 9.07. The molecule has 0 fully saturated rings. The molecule has 0 spiro atoms. The number of aryl methyl sites for hydroxylation is 1. The second-order valence-corrected chi connectivity index (χ2v) is 9.07. The Morgan fingerprint density at radius 1 is 1.17 bits per heavy atom. The van der Waals surface area contributed by atoms with Crippen LogP contribution in [0.15, 0.2) is 30.3 Å². The first-order valence-corrected chi connectivity index (χ1v) is 10.5. The van der Waals surface area contributed by atoms with Crippen molar-refractivity contribution in [1.82, 2.24) is 20.0 Å². The molecule has 7 nitrogen and oxygen atoms in total. The molecule has 1 heterocycles. The molecule has 2 rings (SSSR count). The lowest BCUT2D eigenvalue weighted by Crippen LogP contribution is -2.45. The second kappa shape index (κ2) is 9.78. The molecule has 0 atom stereocenters. The highest BCUT2D eigenvalue weighted by Crippen LogP contribution is 2.26. The van der Waals surface area contributed by atoms with Gasteiger partial charge in [0.2, 0.25) is 5.91 Å². The van der Waals surface area contributed by atoms with E-state index < -0.39 is 0 Å². The van der Waals surface area contributed by atoms with E-state index in [1.165, 1.54) is 0 Å². The summed E-state index contributed by atoms with van der Waals surface area (Å²) < 4.78 is 1.75. The Morgan fingerprint density at radius 2 is 1.80 bits per heavy atom. The standard InChI is InChI=1S/C23H35N5O2/c1-8-24-22(30)27(14-16(2)3)15-21(29)25-20-13-19(23(5,6)7)26-28(20)18-11-9-17(4)10-12-18/h9-13,16H,8,14-15H2,1-7H3,(H,24,30)(H,25,29). The summed E-state index contributed by atoms with van der Waals surface area (Å²) in [4.78, 5) is 26.7. The van der Waals surface area contributed by atoms with Crippen molar-refractivity contribution in [2.45, 2.75) is 53.9 Å². The van der Waals surface area contributed by atoms with Crippen LogP contribution in [0, 0.1) is 12.8 Å². The van der Waals surface area contributed by atoms with Gasteiger partial charge in [-0.2, -0.15) is 5.10 Å². The molecule has 0 saturated carbocycles. The largest absolute Gasteiger partial charge is 0.338 e. The Labute approximate surface area is 179 Å². The average Bonchev–Trinajstić information content (AvgIpc) is 3.05. The minimum atomic E-state index is -0.254. The smallest absolute Gasteiger partial charge is 0.317 e. The van der Waals surface area contributed by atoms with Crippen LogP contribution in [0.4, 0.5) is 10.6 Å². The van der Waals surface area contributed by atoms with Gasteiger partial charge < -0.3 is 15.5 Å². The summed E-state index contributed by atoms with van der Waals surface area (Å²) >= 11 is 0. The van der Waals surface area contributed by atoms with E-state index in [0.717, 1.165) is 16.9 Å². The summed E-state index contributed by atoms with van der Waals surface area (Å²) in [6, 6.07) is 9.65. The molecule has 164 valence electrons. The van der Waals surface area contributed by atoms with Gasteiger partial charge in [-0.3, -0.25) is 4.79 Å². The molecule has 1 aromatic carbocycles. The van der Waals surface area contributed by atoms with Crippen LogP contribution in [0.5, 0.6) is 0 Å². The third-order valence-electron chi connectivity index (χ3n) is 4.56. The lowest BCUT2D eigenvalue weighted by atomic mass is 9.92. The van der Waals surface area contributed by atoms with Gasteiger partial charge in [-0.15, -0.1) is 0 Å². The molecule has 2 N–H and O–H groups in total. The summed E-state index contributed by atoms with van der Waals surface area (Å²) in [6.45, 7) is 15.2. The van der Waals surface area contributed by atoms with Crippen molar-refractivity contribution in [3.05, 3.63) is 41.6 Å². The van der Waals surface area contributed by atoms with Crippen LogP contribution in [0.2, 0.25) is 0 Å². The minimum Gasteiger partial charge on any atom is -0.338 e. The lowest BCUT2D eigenvalue weighted by Gasteiger charge is -2.24. The van der Waals surface area contributed by atoms with Gasteiger partial charge in [0.1, 0.15) is 12.4 Å². The molecular formula is C23H35N5O2. The van der Waals surface area contributed by atoms with E-state index in [0.29, 0.717) is 18.9 Å².